The third kappa shape index (κ3) is 8.74. The van der Waals surface area contributed by atoms with E-state index in [-0.39, 0.29) is 13.1 Å². The molecule has 0 amide bonds. The molecule has 0 spiro atoms. The lowest BCUT2D eigenvalue weighted by molar-refractivity contribution is -0.307. The number of hydrogen-bond acceptors (Lipinski definition) is 10. The quantitative estimate of drug-likeness (QED) is 0.363. The predicted octanol–water partition coefficient (Wildman–Crippen LogP) is -0.522. The summed E-state index contributed by atoms with van der Waals surface area (Å²) in [6, 6.07) is 13.3. The lowest BCUT2D eigenvalue weighted by atomic mass is 10.1. The van der Waals surface area contributed by atoms with Gasteiger partial charge in [0.2, 0.25) is 0 Å². The highest BCUT2D eigenvalue weighted by molar-refractivity contribution is 7.78. The second-order valence-corrected chi connectivity index (χ2v) is 8.43. The fourth-order valence-corrected chi connectivity index (χ4v) is 4.04. The number of aliphatic imine (C=N–C) groups is 1. The van der Waals surface area contributed by atoms with Crippen LogP contribution < -0.4 is 10.2 Å². The zero-order valence-electron chi connectivity index (χ0n) is 18.9. The molecular weight excluding hydrogens is 454 g/mol. The molecule has 3 rings (SSSR count). The number of nitrogens with zero attached hydrogens (tertiary/aromatic N) is 5. The van der Waals surface area contributed by atoms with Crippen molar-refractivity contribution < 1.29 is 19.8 Å². The maximum atomic E-state index is 11.3. The minimum atomic E-state index is -1.13. The Kier molecular flexibility index (Phi) is 9.81. The standard InChI is InChI=1S/C24H29N5O4S/c30-23(31)16-28-12-10-27(9-8-19-4-6-20(7-5-19)25-18-34)11-13-29(17-24(32)33)15-22-3-1-2-21(14-28)26-22/h1-7H,8-17H2,(H,30,31)(H,32,33)/p-2. The highest BCUT2D eigenvalue weighted by Crippen LogP contribution is 2.14. The van der Waals surface area contributed by atoms with Crippen molar-refractivity contribution in [2.45, 2.75) is 19.5 Å². The second kappa shape index (κ2) is 13.0. The van der Waals surface area contributed by atoms with E-state index in [1.807, 2.05) is 52.3 Å². The van der Waals surface area contributed by atoms with Gasteiger partial charge in [-0.25, -0.2) is 0 Å². The zero-order chi connectivity index (χ0) is 24.3. The molecular formula is C24H27N5O4S-2. The summed E-state index contributed by atoms with van der Waals surface area (Å²) in [5.74, 6) is -2.26. The Bertz CT molecular complexity index is 981. The molecule has 2 heterocycles. The zero-order valence-corrected chi connectivity index (χ0v) is 19.7. The van der Waals surface area contributed by atoms with Gasteiger partial charge in [0.05, 0.1) is 34.2 Å². The minimum absolute atomic E-state index is 0.182. The lowest BCUT2D eigenvalue weighted by Crippen LogP contribution is -2.45. The minimum Gasteiger partial charge on any atom is -0.549 e. The van der Waals surface area contributed by atoms with Crippen LogP contribution in [-0.4, -0.2) is 82.6 Å². The summed E-state index contributed by atoms with van der Waals surface area (Å²) in [6.07, 6.45) is 0.781. The van der Waals surface area contributed by atoms with Crippen LogP contribution in [0.4, 0.5) is 5.69 Å². The number of aromatic nitrogens is 1. The van der Waals surface area contributed by atoms with Gasteiger partial charge in [0.1, 0.15) is 0 Å². The van der Waals surface area contributed by atoms with Crippen LogP contribution in [-0.2, 0) is 29.1 Å². The van der Waals surface area contributed by atoms with Gasteiger partial charge < -0.3 is 24.7 Å². The van der Waals surface area contributed by atoms with Crippen LogP contribution in [0.25, 0.3) is 0 Å². The first-order chi connectivity index (χ1) is 16.4. The predicted molar refractivity (Wildman–Crippen MR) is 126 cm³/mol. The number of aliphatic carboxylic acids is 2. The van der Waals surface area contributed by atoms with Crippen molar-refractivity contribution in [2.24, 2.45) is 4.99 Å². The van der Waals surface area contributed by atoms with Crippen LogP contribution in [0.15, 0.2) is 47.5 Å². The van der Waals surface area contributed by atoms with Gasteiger partial charge in [-0.05, 0) is 48.5 Å². The molecule has 0 saturated heterocycles. The Labute approximate surface area is 204 Å². The third-order valence-electron chi connectivity index (χ3n) is 5.63. The summed E-state index contributed by atoms with van der Waals surface area (Å²) in [4.78, 5) is 37.0. The average Bonchev–Trinajstić information content (AvgIpc) is 2.78. The molecule has 34 heavy (non-hydrogen) atoms. The van der Waals surface area contributed by atoms with E-state index >= 15 is 0 Å². The summed E-state index contributed by atoms with van der Waals surface area (Å²) in [6.45, 7) is 3.40. The lowest BCUT2D eigenvalue weighted by Gasteiger charge is -2.31. The first kappa shape index (κ1) is 25.6. The number of pyridine rings is 1. The number of hydrogen-bond donors (Lipinski definition) is 0. The molecule has 0 atom stereocenters. The normalized spacial score (nSPS) is 16.1. The summed E-state index contributed by atoms with van der Waals surface area (Å²) in [5, 5.41) is 25.0. The Balaban J connectivity index is 1.75. The van der Waals surface area contributed by atoms with Crippen molar-refractivity contribution in [1.82, 2.24) is 19.7 Å². The number of fused-ring (bicyclic) bond motifs is 2. The molecule has 1 aromatic heterocycles. The van der Waals surface area contributed by atoms with Crippen molar-refractivity contribution in [2.75, 3.05) is 45.8 Å². The molecule has 2 bridgehead atoms. The van der Waals surface area contributed by atoms with Crippen LogP contribution in [0, 0.1) is 0 Å². The highest BCUT2D eigenvalue weighted by atomic mass is 32.1. The number of carbonyl (C=O) groups excluding carboxylic acids is 2. The third-order valence-corrected chi connectivity index (χ3v) is 5.73. The van der Waals surface area contributed by atoms with E-state index in [9.17, 15) is 19.8 Å². The molecule has 0 aliphatic carbocycles. The van der Waals surface area contributed by atoms with Gasteiger partial charge in [-0.15, -0.1) is 0 Å². The van der Waals surface area contributed by atoms with E-state index in [0.29, 0.717) is 39.3 Å². The number of carbonyl (C=O) groups is 2. The molecule has 9 nitrogen and oxygen atoms in total. The topological polar surface area (TPSA) is 115 Å². The number of carboxylic acids is 2. The summed E-state index contributed by atoms with van der Waals surface area (Å²) in [5.41, 5.74) is 3.35. The Morgan fingerprint density at radius 1 is 0.882 bits per heavy atom. The van der Waals surface area contributed by atoms with Crippen molar-refractivity contribution >= 4 is 35.0 Å². The number of isothiocyanates is 1. The maximum Gasteiger partial charge on any atom is 0.0739 e. The van der Waals surface area contributed by atoms with E-state index in [4.69, 9.17) is 0 Å². The number of benzene rings is 1. The van der Waals surface area contributed by atoms with Gasteiger partial charge in [0.15, 0.2) is 0 Å². The maximum absolute atomic E-state index is 11.3. The summed E-state index contributed by atoms with van der Waals surface area (Å²) >= 11 is 4.64. The Morgan fingerprint density at radius 3 is 1.91 bits per heavy atom. The van der Waals surface area contributed by atoms with E-state index in [0.717, 1.165) is 35.6 Å². The molecule has 10 heteroatoms. The molecule has 0 fully saturated rings. The van der Waals surface area contributed by atoms with Crippen LogP contribution in [0.5, 0.6) is 0 Å². The number of thiocarbonyl (C=S) groups is 1. The van der Waals surface area contributed by atoms with Crippen LogP contribution in [0.3, 0.4) is 0 Å². The molecule has 1 aliphatic rings. The van der Waals surface area contributed by atoms with E-state index < -0.39 is 11.9 Å². The second-order valence-electron chi connectivity index (χ2n) is 8.25. The van der Waals surface area contributed by atoms with Crippen molar-refractivity contribution in [3.05, 3.63) is 59.4 Å². The molecule has 0 saturated carbocycles. The number of carboxylic acid groups (broad SMARTS) is 2. The summed E-state index contributed by atoms with van der Waals surface area (Å²) < 4.78 is 0. The fourth-order valence-electron chi connectivity index (χ4n) is 3.93. The van der Waals surface area contributed by atoms with Gasteiger partial charge in [-0.2, -0.15) is 4.99 Å². The Hall–Kier alpha value is -3.01. The smallest absolute Gasteiger partial charge is 0.0739 e. The molecule has 2 aromatic rings. The SMILES string of the molecule is O=C([O-])CN1CCN(CCc2ccc(N=C=S)cc2)CCN(CC(=O)[O-])Cc2cccc(n2)C1. The first-order valence-electron chi connectivity index (χ1n) is 11.1. The van der Waals surface area contributed by atoms with E-state index in [1.165, 1.54) is 0 Å². The largest absolute Gasteiger partial charge is 0.549 e. The summed E-state index contributed by atoms with van der Waals surface area (Å²) in [7, 11) is 0. The molecule has 180 valence electrons. The molecule has 1 aliphatic heterocycles. The molecule has 0 radical (unpaired) electrons. The van der Waals surface area contributed by atoms with Crippen LogP contribution in [0.2, 0.25) is 0 Å². The molecule has 0 N–H and O–H groups in total. The van der Waals surface area contributed by atoms with Crippen molar-refractivity contribution in [3.63, 3.8) is 0 Å². The van der Waals surface area contributed by atoms with Gasteiger partial charge in [0.25, 0.3) is 0 Å². The van der Waals surface area contributed by atoms with Gasteiger partial charge in [-0.3, -0.25) is 14.8 Å². The Morgan fingerprint density at radius 2 is 1.41 bits per heavy atom. The molecule has 0 unspecified atom stereocenters. The fraction of sp³-hybridized carbons (Fsp3) is 0.417. The average molecular weight is 482 g/mol. The van der Waals surface area contributed by atoms with Gasteiger partial charge >= 0.3 is 0 Å². The van der Waals surface area contributed by atoms with Gasteiger partial charge in [-0.1, -0.05) is 18.2 Å². The van der Waals surface area contributed by atoms with E-state index in [2.05, 4.69) is 32.3 Å². The van der Waals surface area contributed by atoms with Crippen molar-refractivity contribution in [3.8, 4) is 0 Å². The van der Waals surface area contributed by atoms with Crippen LogP contribution in [0.1, 0.15) is 17.0 Å². The van der Waals surface area contributed by atoms with Crippen LogP contribution >= 0.6 is 12.2 Å². The van der Waals surface area contributed by atoms with E-state index in [1.54, 1.807) is 0 Å². The van der Waals surface area contributed by atoms with Crippen molar-refractivity contribution in [1.29, 1.82) is 0 Å². The first-order valence-corrected chi connectivity index (χ1v) is 11.5. The highest BCUT2D eigenvalue weighted by Gasteiger charge is 2.16. The van der Waals surface area contributed by atoms with Gasteiger partial charge in [0, 0.05) is 58.9 Å². The monoisotopic (exact) mass is 481 g/mol. The number of rotatable bonds is 8. The molecule has 1 aromatic carbocycles.